The van der Waals surface area contributed by atoms with Gasteiger partial charge in [0.2, 0.25) is 0 Å². The zero-order valence-electron chi connectivity index (χ0n) is 12.6. The Kier molecular flexibility index (Phi) is 4.09. The third kappa shape index (κ3) is 2.69. The van der Waals surface area contributed by atoms with E-state index in [0.29, 0.717) is 36.4 Å². The molecule has 0 radical (unpaired) electrons. The Morgan fingerprint density at radius 1 is 1.14 bits per heavy atom. The van der Waals surface area contributed by atoms with Crippen LogP contribution in [0.1, 0.15) is 37.3 Å². The molecule has 0 bridgehead atoms. The van der Waals surface area contributed by atoms with Crippen LogP contribution in [0.5, 0.6) is 0 Å². The first-order valence-electron chi connectivity index (χ1n) is 7.63. The molecule has 0 N–H and O–H groups in total. The molecular weight excluding hydrogens is 280 g/mol. The van der Waals surface area contributed by atoms with E-state index in [1.165, 1.54) is 0 Å². The summed E-state index contributed by atoms with van der Waals surface area (Å²) in [5.41, 5.74) is 2.89. The first kappa shape index (κ1) is 14.6. The Labute approximate surface area is 129 Å². The molecule has 0 saturated heterocycles. The molecule has 114 valence electrons. The largest absolute Gasteiger partial charge is 0.493 e. The van der Waals surface area contributed by atoms with Crippen molar-refractivity contribution in [1.82, 2.24) is 0 Å². The third-order valence-electron chi connectivity index (χ3n) is 3.93. The molecular formula is C18H18O4. The van der Waals surface area contributed by atoms with Crippen LogP contribution >= 0.6 is 0 Å². The molecule has 1 aliphatic heterocycles. The maximum atomic E-state index is 11.9. The average Bonchev–Trinajstić information content (AvgIpc) is 2.76. The molecule has 1 aliphatic carbocycles. The first-order valence-corrected chi connectivity index (χ1v) is 7.63. The molecule has 0 amide bonds. The van der Waals surface area contributed by atoms with Crippen LogP contribution in [0.25, 0.3) is 5.76 Å². The SMILES string of the molecule is CCCCO/C1=C/C2=C(CCc3ccccc31)C(=O)OC2=O. The lowest BCUT2D eigenvalue weighted by atomic mass is 9.93. The van der Waals surface area contributed by atoms with Crippen LogP contribution in [-0.4, -0.2) is 18.5 Å². The van der Waals surface area contributed by atoms with Crippen molar-refractivity contribution in [3.8, 4) is 0 Å². The number of esters is 2. The van der Waals surface area contributed by atoms with Crippen molar-refractivity contribution in [2.45, 2.75) is 32.6 Å². The Balaban J connectivity index is 2.04. The number of carbonyl (C=O) groups is 2. The number of carbonyl (C=O) groups excluding carboxylic acids is 2. The van der Waals surface area contributed by atoms with Gasteiger partial charge in [-0.1, -0.05) is 37.6 Å². The normalized spacial score (nSPS) is 19.6. The van der Waals surface area contributed by atoms with Crippen molar-refractivity contribution in [2.24, 2.45) is 0 Å². The Bertz CT molecular complexity index is 682. The minimum atomic E-state index is -0.573. The van der Waals surface area contributed by atoms with Crippen molar-refractivity contribution < 1.29 is 19.1 Å². The summed E-state index contributed by atoms with van der Waals surface area (Å²) in [6, 6.07) is 7.93. The minimum absolute atomic E-state index is 0.339. The lowest BCUT2D eigenvalue weighted by Gasteiger charge is -2.16. The van der Waals surface area contributed by atoms with Crippen molar-refractivity contribution in [3.05, 3.63) is 52.6 Å². The molecule has 0 fully saturated rings. The fourth-order valence-electron chi connectivity index (χ4n) is 2.71. The topological polar surface area (TPSA) is 52.6 Å². The molecule has 1 aromatic carbocycles. The predicted molar refractivity (Wildman–Crippen MR) is 81.7 cm³/mol. The second kappa shape index (κ2) is 6.18. The van der Waals surface area contributed by atoms with Gasteiger partial charge in [-0.05, 0) is 30.9 Å². The standard InChI is InChI=1S/C18H18O4/c1-2-3-10-21-16-11-15-14(17(19)22-18(15)20)9-8-12-6-4-5-7-13(12)16/h4-7,11H,2-3,8-10H2,1H3/b16-11+. The van der Waals surface area contributed by atoms with Gasteiger partial charge in [0.25, 0.3) is 0 Å². The summed E-state index contributed by atoms with van der Waals surface area (Å²) < 4.78 is 10.6. The number of fused-ring (bicyclic) bond motifs is 1. The van der Waals surface area contributed by atoms with Gasteiger partial charge in [-0.15, -0.1) is 0 Å². The number of unbranched alkanes of at least 4 members (excludes halogenated alkanes) is 1. The molecule has 4 nitrogen and oxygen atoms in total. The molecule has 0 atom stereocenters. The van der Waals surface area contributed by atoms with E-state index in [4.69, 9.17) is 9.47 Å². The van der Waals surface area contributed by atoms with Crippen LogP contribution in [0.15, 0.2) is 41.5 Å². The summed E-state index contributed by atoms with van der Waals surface area (Å²) >= 11 is 0. The minimum Gasteiger partial charge on any atom is -0.493 e. The summed E-state index contributed by atoms with van der Waals surface area (Å²) in [5.74, 6) is -0.456. The number of aryl methyl sites for hydroxylation is 1. The Morgan fingerprint density at radius 3 is 2.77 bits per heavy atom. The summed E-state index contributed by atoms with van der Waals surface area (Å²) in [6.07, 6.45) is 4.83. The average molecular weight is 298 g/mol. The highest BCUT2D eigenvalue weighted by molar-refractivity contribution is 6.14. The van der Waals surface area contributed by atoms with E-state index in [1.807, 2.05) is 24.3 Å². The molecule has 0 spiro atoms. The van der Waals surface area contributed by atoms with E-state index in [2.05, 4.69) is 6.92 Å². The van der Waals surface area contributed by atoms with E-state index in [-0.39, 0.29) is 0 Å². The highest BCUT2D eigenvalue weighted by Gasteiger charge is 2.33. The van der Waals surface area contributed by atoms with Crippen LogP contribution < -0.4 is 0 Å². The zero-order chi connectivity index (χ0) is 15.5. The molecule has 3 rings (SSSR count). The Hall–Kier alpha value is -2.36. The molecule has 0 unspecified atom stereocenters. The molecule has 0 aromatic heterocycles. The van der Waals surface area contributed by atoms with Crippen LogP contribution in [-0.2, 0) is 25.5 Å². The lowest BCUT2D eigenvalue weighted by molar-refractivity contribution is -0.151. The highest BCUT2D eigenvalue weighted by atomic mass is 16.6. The van der Waals surface area contributed by atoms with Gasteiger partial charge >= 0.3 is 11.9 Å². The molecule has 22 heavy (non-hydrogen) atoms. The number of benzene rings is 1. The van der Waals surface area contributed by atoms with Gasteiger partial charge in [0.15, 0.2) is 0 Å². The molecule has 4 heteroatoms. The van der Waals surface area contributed by atoms with Gasteiger partial charge < -0.3 is 9.47 Å². The third-order valence-corrected chi connectivity index (χ3v) is 3.93. The molecule has 1 heterocycles. The van der Waals surface area contributed by atoms with Crippen molar-refractivity contribution in [3.63, 3.8) is 0 Å². The smallest absolute Gasteiger partial charge is 0.346 e. The zero-order valence-corrected chi connectivity index (χ0v) is 12.6. The van der Waals surface area contributed by atoms with Gasteiger partial charge in [0.1, 0.15) is 5.76 Å². The van der Waals surface area contributed by atoms with Gasteiger partial charge in [-0.2, -0.15) is 0 Å². The second-order valence-corrected chi connectivity index (χ2v) is 5.44. The summed E-state index contributed by atoms with van der Waals surface area (Å²) in [7, 11) is 0. The number of ether oxygens (including phenoxy) is 2. The van der Waals surface area contributed by atoms with E-state index >= 15 is 0 Å². The van der Waals surface area contributed by atoms with Gasteiger partial charge in [0, 0.05) is 5.56 Å². The molecule has 0 saturated carbocycles. The fraction of sp³-hybridized carbons (Fsp3) is 0.333. The van der Waals surface area contributed by atoms with Gasteiger partial charge in [-0.3, -0.25) is 0 Å². The van der Waals surface area contributed by atoms with E-state index in [9.17, 15) is 9.59 Å². The van der Waals surface area contributed by atoms with Crippen LogP contribution in [0, 0.1) is 0 Å². The summed E-state index contributed by atoms with van der Waals surface area (Å²) in [4.78, 5) is 23.7. The van der Waals surface area contributed by atoms with Gasteiger partial charge in [-0.25, -0.2) is 9.59 Å². The van der Waals surface area contributed by atoms with E-state index < -0.39 is 11.9 Å². The van der Waals surface area contributed by atoms with Crippen molar-refractivity contribution >= 4 is 17.7 Å². The Morgan fingerprint density at radius 2 is 1.95 bits per heavy atom. The molecule has 2 aliphatic rings. The fourth-order valence-corrected chi connectivity index (χ4v) is 2.71. The maximum Gasteiger partial charge on any atom is 0.346 e. The quantitative estimate of drug-likeness (QED) is 0.487. The van der Waals surface area contributed by atoms with Crippen molar-refractivity contribution in [1.29, 1.82) is 0 Å². The van der Waals surface area contributed by atoms with Crippen molar-refractivity contribution in [2.75, 3.05) is 6.61 Å². The molecule has 1 aromatic rings. The number of cyclic esters (lactones) is 2. The maximum absolute atomic E-state index is 11.9. The first-order chi connectivity index (χ1) is 10.7. The van der Waals surface area contributed by atoms with E-state index in [0.717, 1.165) is 24.0 Å². The van der Waals surface area contributed by atoms with Crippen LogP contribution in [0.4, 0.5) is 0 Å². The number of rotatable bonds is 4. The number of hydrogen-bond donors (Lipinski definition) is 0. The lowest BCUT2D eigenvalue weighted by Crippen LogP contribution is -2.06. The monoisotopic (exact) mass is 298 g/mol. The summed E-state index contributed by atoms with van der Waals surface area (Å²) in [6.45, 7) is 2.68. The number of hydrogen-bond acceptors (Lipinski definition) is 4. The van der Waals surface area contributed by atoms with E-state index in [1.54, 1.807) is 6.08 Å². The summed E-state index contributed by atoms with van der Waals surface area (Å²) in [5, 5.41) is 0. The second-order valence-electron chi connectivity index (χ2n) is 5.44. The highest BCUT2D eigenvalue weighted by Crippen LogP contribution is 2.32. The van der Waals surface area contributed by atoms with Crippen LogP contribution in [0.3, 0.4) is 0 Å². The predicted octanol–water partition coefficient (Wildman–Crippen LogP) is 3.17. The van der Waals surface area contributed by atoms with Gasteiger partial charge in [0.05, 0.1) is 17.8 Å². The van der Waals surface area contributed by atoms with Crippen LogP contribution in [0.2, 0.25) is 0 Å².